The summed E-state index contributed by atoms with van der Waals surface area (Å²) in [5.41, 5.74) is 5.62. The molecule has 0 unspecified atom stereocenters. The maximum Gasteiger partial charge on any atom is 0.220 e. The number of unbranched alkanes of at least 4 members (excludes halogenated alkanes) is 1. The number of aliphatic hydroxyl groups excluding tert-OH is 5. The van der Waals surface area contributed by atoms with E-state index in [4.69, 9.17) is 19.6 Å². The number of amides is 1. The summed E-state index contributed by atoms with van der Waals surface area (Å²) in [5, 5.41) is 50.4. The second-order valence-corrected chi connectivity index (χ2v) is 12.4. The van der Waals surface area contributed by atoms with Crippen molar-refractivity contribution >= 4 is 5.91 Å². The van der Waals surface area contributed by atoms with Crippen molar-refractivity contribution in [2.45, 2.75) is 101 Å². The normalized spacial score (nSPS) is 18.0. The first kappa shape index (κ1) is 33.9. The SMILES string of the molecule is Cc1ccc(CCCCC(=O)NC[C@H](O)[C@@H](O)[C@H](O)[C@H](O)CO)nc1COC1(c2cnccc2-c2ccccc2OC2CC2)CC1. The molecule has 6 N–H and O–H groups in total. The molecule has 2 aliphatic carbocycles. The molecule has 1 aromatic carbocycles. The van der Waals surface area contributed by atoms with E-state index in [1.165, 1.54) is 0 Å². The number of para-hydroxylation sites is 1. The van der Waals surface area contributed by atoms with Crippen LogP contribution in [0.3, 0.4) is 0 Å². The van der Waals surface area contributed by atoms with E-state index in [0.717, 1.165) is 71.5 Å². The highest BCUT2D eigenvalue weighted by Crippen LogP contribution is 2.53. The number of hydrogen-bond donors (Lipinski definition) is 6. The van der Waals surface area contributed by atoms with Gasteiger partial charge in [0.1, 0.15) is 24.1 Å². The molecule has 248 valence electrons. The first-order valence-corrected chi connectivity index (χ1v) is 16.1. The van der Waals surface area contributed by atoms with Crippen molar-refractivity contribution in [3.05, 3.63) is 77.4 Å². The van der Waals surface area contributed by atoms with Crippen LogP contribution in [0.4, 0.5) is 0 Å². The van der Waals surface area contributed by atoms with Crippen molar-refractivity contribution in [1.29, 1.82) is 0 Å². The second-order valence-electron chi connectivity index (χ2n) is 12.4. The van der Waals surface area contributed by atoms with Crippen LogP contribution >= 0.6 is 0 Å². The van der Waals surface area contributed by atoms with E-state index < -0.39 is 36.6 Å². The van der Waals surface area contributed by atoms with Crippen molar-refractivity contribution < 1.29 is 39.8 Å². The number of carbonyl (C=O) groups is 1. The van der Waals surface area contributed by atoms with Gasteiger partial charge in [0.2, 0.25) is 5.91 Å². The van der Waals surface area contributed by atoms with E-state index >= 15 is 0 Å². The molecule has 2 heterocycles. The van der Waals surface area contributed by atoms with Gasteiger partial charge in [0.25, 0.3) is 0 Å². The van der Waals surface area contributed by atoms with Crippen molar-refractivity contribution in [2.75, 3.05) is 13.2 Å². The number of ether oxygens (including phenoxy) is 2. The molecule has 0 bridgehead atoms. The Bertz CT molecular complexity index is 1460. The van der Waals surface area contributed by atoms with Gasteiger partial charge in [-0.05, 0) is 81.2 Å². The Morgan fingerprint density at radius 3 is 2.50 bits per heavy atom. The van der Waals surface area contributed by atoms with E-state index in [1.54, 1.807) is 0 Å². The number of aryl methyl sites for hydroxylation is 2. The van der Waals surface area contributed by atoms with Crippen LogP contribution in [0.1, 0.15) is 67.5 Å². The van der Waals surface area contributed by atoms with Crippen molar-refractivity contribution in [2.24, 2.45) is 0 Å². The predicted molar refractivity (Wildman–Crippen MR) is 170 cm³/mol. The van der Waals surface area contributed by atoms with Crippen molar-refractivity contribution in [3.63, 3.8) is 0 Å². The molecule has 0 aliphatic heterocycles. The molecule has 46 heavy (non-hydrogen) atoms. The van der Waals surface area contributed by atoms with Crippen LogP contribution in [0.25, 0.3) is 11.1 Å². The largest absolute Gasteiger partial charge is 0.490 e. The number of aromatic nitrogens is 2. The highest BCUT2D eigenvalue weighted by atomic mass is 16.5. The molecule has 11 heteroatoms. The minimum Gasteiger partial charge on any atom is -0.490 e. The summed E-state index contributed by atoms with van der Waals surface area (Å²) in [4.78, 5) is 21.6. The Morgan fingerprint density at radius 2 is 1.76 bits per heavy atom. The van der Waals surface area contributed by atoms with Crippen molar-refractivity contribution in [1.82, 2.24) is 15.3 Å². The van der Waals surface area contributed by atoms with Gasteiger partial charge in [-0.3, -0.25) is 14.8 Å². The lowest BCUT2D eigenvalue weighted by Crippen LogP contribution is -2.49. The molecule has 2 aliphatic rings. The van der Waals surface area contributed by atoms with Gasteiger partial charge in [0.05, 0.1) is 36.7 Å². The van der Waals surface area contributed by atoms with Gasteiger partial charge >= 0.3 is 0 Å². The van der Waals surface area contributed by atoms with Gasteiger partial charge in [-0.1, -0.05) is 24.3 Å². The van der Waals surface area contributed by atoms with Gasteiger partial charge in [-0.2, -0.15) is 0 Å². The molecule has 2 aromatic heterocycles. The summed E-state index contributed by atoms with van der Waals surface area (Å²) in [6.45, 7) is 1.34. The number of pyridine rings is 2. The fraction of sp³-hybridized carbons (Fsp3) is 0.514. The number of rotatable bonds is 18. The lowest BCUT2D eigenvalue weighted by molar-refractivity contribution is -0.126. The zero-order valence-corrected chi connectivity index (χ0v) is 26.2. The molecular formula is C35H45N3O8. The quantitative estimate of drug-likeness (QED) is 0.114. The Morgan fingerprint density at radius 1 is 1.00 bits per heavy atom. The van der Waals surface area contributed by atoms with E-state index in [-0.39, 0.29) is 18.9 Å². The maximum absolute atomic E-state index is 12.2. The van der Waals surface area contributed by atoms with Gasteiger partial charge in [0, 0.05) is 42.2 Å². The zero-order chi connectivity index (χ0) is 32.7. The second kappa shape index (κ2) is 15.4. The number of nitrogens with zero attached hydrogens (tertiary/aromatic N) is 2. The summed E-state index contributed by atoms with van der Waals surface area (Å²) < 4.78 is 12.8. The molecule has 4 atom stereocenters. The molecule has 2 saturated carbocycles. The molecule has 0 radical (unpaired) electrons. The Labute approximate surface area is 269 Å². The Kier molecular flexibility index (Phi) is 11.4. The average molecular weight is 636 g/mol. The van der Waals surface area contributed by atoms with Crippen LogP contribution in [-0.4, -0.2) is 85.1 Å². The highest BCUT2D eigenvalue weighted by molar-refractivity contribution is 5.76. The molecule has 0 spiro atoms. The summed E-state index contributed by atoms with van der Waals surface area (Å²) >= 11 is 0. The first-order chi connectivity index (χ1) is 22.2. The third-order valence-electron chi connectivity index (χ3n) is 8.68. The van der Waals surface area contributed by atoms with Gasteiger partial charge in [-0.15, -0.1) is 0 Å². The van der Waals surface area contributed by atoms with Crippen LogP contribution in [0.5, 0.6) is 5.75 Å². The summed E-state index contributed by atoms with van der Waals surface area (Å²) in [6, 6.07) is 14.2. The number of aliphatic hydroxyl groups is 5. The van der Waals surface area contributed by atoms with E-state index in [9.17, 15) is 25.2 Å². The van der Waals surface area contributed by atoms with E-state index in [0.29, 0.717) is 25.6 Å². The van der Waals surface area contributed by atoms with Gasteiger partial charge in [-0.25, -0.2) is 0 Å². The Hall–Kier alpha value is -3.45. The highest BCUT2D eigenvalue weighted by Gasteiger charge is 2.48. The van der Waals surface area contributed by atoms with Crippen LogP contribution in [0.15, 0.2) is 54.9 Å². The zero-order valence-electron chi connectivity index (χ0n) is 26.2. The molecule has 1 amide bonds. The number of benzene rings is 1. The van der Waals surface area contributed by atoms with Crippen LogP contribution in [0, 0.1) is 6.92 Å². The predicted octanol–water partition coefficient (Wildman–Crippen LogP) is 2.46. The van der Waals surface area contributed by atoms with Crippen LogP contribution in [-0.2, 0) is 28.2 Å². The summed E-state index contributed by atoms with van der Waals surface area (Å²) in [5.74, 6) is 0.586. The molecule has 0 saturated heterocycles. The first-order valence-electron chi connectivity index (χ1n) is 16.1. The molecule has 3 aromatic rings. The van der Waals surface area contributed by atoms with Crippen LogP contribution < -0.4 is 10.1 Å². The van der Waals surface area contributed by atoms with E-state index in [2.05, 4.69) is 16.4 Å². The third-order valence-corrected chi connectivity index (χ3v) is 8.68. The third kappa shape index (κ3) is 8.67. The molecule has 5 rings (SSSR count). The molecule has 2 fully saturated rings. The summed E-state index contributed by atoms with van der Waals surface area (Å²) in [7, 11) is 0. The minimum atomic E-state index is -1.73. The summed E-state index contributed by atoms with van der Waals surface area (Å²) in [6.07, 6.45) is 3.71. The lowest BCUT2D eigenvalue weighted by Gasteiger charge is -2.25. The monoisotopic (exact) mass is 635 g/mol. The van der Waals surface area contributed by atoms with E-state index in [1.807, 2.05) is 55.7 Å². The maximum atomic E-state index is 12.2. The van der Waals surface area contributed by atoms with Crippen molar-refractivity contribution in [3.8, 4) is 16.9 Å². The number of carbonyl (C=O) groups excluding carboxylic acids is 1. The topological polar surface area (TPSA) is 174 Å². The fourth-order valence-electron chi connectivity index (χ4n) is 5.45. The lowest BCUT2D eigenvalue weighted by atomic mass is 9.96. The fourth-order valence-corrected chi connectivity index (χ4v) is 5.45. The average Bonchev–Trinajstić information content (AvgIpc) is 4.02. The minimum absolute atomic E-state index is 0.219. The van der Waals surface area contributed by atoms with Gasteiger partial charge < -0.3 is 40.3 Å². The smallest absolute Gasteiger partial charge is 0.220 e. The molecule has 11 nitrogen and oxygen atoms in total. The number of nitrogens with one attached hydrogen (secondary N) is 1. The Balaban J connectivity index is 1.12. The van der Waals surface area contributed by atoms with Gasteiger partial charge in [0.15, 0.2) is 0 Å². The number of hydrogen-bond acceptors (Lipinski definition) is 10. The molecular weight excluding hydrogens is 590 g/mol. The standard InChI is InChI=1S/C35H45N3O8/c1-22-10-11-23(6-2-5-9-32(42)37-19-29(40)33(43)34(44)30(41)20-39)38-28(22)21-45-35(15-16-35)27-18-36-17-14-25(27)26-7-3-4-8-31(26)46-24-12-13-24/h3-4,7-8,10-11,14,17-18,24,29-30,33-34,39-41,43-44H,2,5-6,9,12-13,15-16,19-21H2,1H3,(H,37,42)/t29-,30+,33+,34+/m0/s1. The van der Waals surface area contributed by atoms with Crippen LogP contribution in [0.2, 0.25) is 0 Å².